The molecule has 1 atom stereocenters. The van der Waals surface area contributed by atoms with E-state index >= 15 is 0 Å². The molecular formula is C16H25ClN2O3. The van der Waals surface area contributed by atoms with Gasteiger partial charge < -0.3 is 14.8 Å². The molecule has 1 heterocycles. The number of nitrogens with one attached hydrogen (secondary N) is 1. The number of nitrogens with zero attached hydrogens (tertiary/aromatic N) is 1. The van der Waals surface area contributed by atoms with Crippen LogP contribution in [0.2, 0.25) is 0 Å². The maximum absolute atomic E-state index is 12.5. The molecule has 2 rings (SSSR count). The quantitative estimate of drug-likeness (QED) is 0.871. The number of hydrogen-bond acceptors (Lipinski definition) is 4. The number of methoxy groups -OCH3 is 2. The van der Waals surface area contributed by atoms with Gasteiger partial charge in [0.1, 0.15) is 17.1 Å². The van der Waals surface area contributed by atoms with Crippen molar-refractivity contribution in [2.45, 2.75) is 25.8 Å². The van der Waals surface area contributed by atoms with E-state index in [1.807, 2.05) is 6.07 Å². The molecule has 124 valence electrons. The summed E-state index contributed by atoms with van der Waals surface area (Å²) in [5.74, 6) is 0.920. The molecule has 0 aliphatic carbocycles. The molecule has 1 aromatic rings. The average molecular weight is 329 g/mol. The maximum atomic E-state index is 12.5. The van der Waals surface area contributed by atoms with Gasteiger partial charge in [-0.2, -0.15) is 0 Å². The number of rotatable bonds is 6. The highest BCUT2D eigenvalue weighted by atomic mass is 35.5. The summed E-state index contributed by atoms with van der Waals surface area (Å²) >= 11 is 0. The summed E-state index contributed by atoms with van der Waals surface area (Å²) in [6, 6.07) is 5.78. The SMILES string of the molecule is CCN1CCCC1CNC(=O)c1c(OC)cccc1OC.Cl. The average Bonchev–Trinajstić information content (AvgIpc) is 2.99. The van der Waals surface area contributed by atoms with Crippen LogP contribution in [-0.2, 0) is 0 Å². The van der Waals surface area contributed by atoms with Crippen molar-refractivity contribution in [1.29, 1.82) is 0 Å². The van der Waals surface area contributed by atoms with Crippen LogP contribution in [0.4, 0.5) is 0 Å². The lowest BCUT2D eigenvalue weighted by Gasteiger charge is -2.23. The Labute approximate surface area is 138 Å². The second-order valence-corrected chi connectivity index (χ2v) is 5.17. The fourth-order valence-electron chi connectivity index (χ4n) is 2.92. The van der Waals surface area contributed by atoms with Crippen LogP contribution < -0.4 is 14.8 Å². The molecule has 0 saturated carbocycles. The lowest BCUT2D eigenvalue weighted by atomic mass is 10.1. The van der Waals surface area contributed by atoms with Crippen molar-refractivity contribution in [2.75, 3.05) is 33.9 Å². The largest absolute Gasteiger partial charge is 0.496 e. The van der Waals surface area contributed by atoms with Gasteiger partial charge in [-0.3, -0.25) is 9.69 Å². The second-order valence-electron chi connectivity index (χ2n) is 5.17. The summed E-state index contributed by atoms with van der Waals surface area (Å²) in [6.45, 7) is 4.96. The highest BCUT2D eigenvalue weighted by molar-refractivity contribution is 5.99. The summed E-state index contributed by atoms with van der Waals surface area (Å²) in [7, 11) is 3.11. The Morgan fingerprint density at radius 2 is 1.95 bits per heavy atom. The molecule has 1 aromatic carbocycles. The van der Waals surface area contributed by atoms with Crippen LogP contribution in [0.1, 0.15) is 30.1 Å². The zero-order valence-corrected chi connectivity index (χ0v) is 14.2. The molecule has 1 aliphatic heterocycles. The van der Waals surface area contributed by atoms with E-state index < -0.39 is 0 Å². The van der Waals surface area contributed by atoms with Gasteiger partial charge in [-0.15, -0.1) is 12.4 Å². The van der Waals surface area contributed by atoms with Crippen LogP contribution in [-0.4, -0.2) is 50.7 Å². The van der Waals surface area contributed by atoms with Crippen molar-refractivity contribution in [2.24, 2.45) is 0 Å². The van der Waals surface area contributed by atoms with Crippen molar-refractivity contribution < 1.29 is 14.3 Å². The molecule has 1 N–H and O–H groups in total. The number of likely N-dealkylation sites (N-methyl/N-ethyl adjacent to an activating group) is 1. The van der Waals surface area contributed by atoms with E-state index in [0.29, 0.717) is 29.6 Å². The number of benzene rings is 1. The molecule has 22 heavy (non-hydrogen) atoms. The molecule has 1 aliphatic rings. The monoisotopic (exact) mass is 328 g/mol. The van der Waals surface area contributed by atoms with Gasteiger partial charge in [0.05, 0.1) is 14.2 Å². The fraction of sp³-hybridized carbons (Fsp3) is 0.562. The minimum Gasteiger partial charge on any atom is -0.496 e. The normalized spacial score (nSPS) is 17.7. The van der Waals surface area contributed by atoms with Gasteiger partial charge in [-0.05, 0) is 38.1 Å². The van der Waals surface area contributed by atoms with Gasteiger partial charge in [0, 0.05) is 12.6 Å². The molecular weight excluding hydrogens is 304 g/mol. The van der Waals surface area contributed by atoms with Gasteiger partial charge in [0.15, 0.2) is 0 Å². The van der Waals surface area contributed by atoms with Crippen molar-refractivity contribution in [3.8, 4) is 11.5 Å². The zero-order valence-electron chi connectivity index (χ0n) is 13.4. The predicted octanol–water partition coefficient (Wildman–Crippen LogP) is 2.34. The maximum Gasteiger partial charge on any atom is 0.258 e. The minimum absolute atomic E-state index is 0. The molecule has 6 heteroatoms. The van der Waals surface area contributed by atoms with E-state index in [0.717, 1.165) is 19.5 Å². The lowest BCUT2D eigenvalue weighted by Crippen LogP contribution is -2.40. The highest BCUT2D eigenvalue weighted by Gasteiger charge is 2.24. The Balaban J connectivity index is 0.00000242. The third-order valence-electron chi connectivity index (χ3n) is 4.06. The first-order valence-electron chi connectivity index (χ1n) is 7.44. The number of carbonyl (C=O) groups excluding carboxylic acids is 1. The fourth-order valence-corrected chi connectivity index (χ4v) is 2.92. The van der Waals surface area contributed by atoms with Gasteiger partial charge in [0.25, 0.3) is 5.91 Å². The molecule has 1 fully saturated rings. The van der Waals surface area contributed by atoms with Crippen LogP contribution in [0.5, 0.6) is 11.5 Å². The first-order valence-corrected chi connectivity index (χ1v) is 7.44. The van der Waals surface area contributed by atoms with E-state index in [9.17, 15) is 4.79 Å². The number of carbonyl (C=O) groups is 1. The summed E-state index contributed by atoms with van der Waals surface area (Å²) in [4.78, 5) is 14.9. The Morgan fingerprint density at radius 1 is 1.32 bits per heavy atom. The molecule has 5 nitrogen and oxygen atoms in total. The van der Waals surface area contributed by atoms with Gasteiger partial charge in [-0.25, -0.2) is 0 Å². The molecule has 0 radical (unpaired) electrons. The first kappa shape index (κ1) is 18.6. The van der Waals surface area contributed by atoms with Crippen LogP contribution in [0.25, 0.3) is 0 Å². The standard InChI is InChI=1S/C16H24N2O3.ClH/c1-4-18-10-6-7-12(18)11-17-16(19)15-13(20-2)8-5-9-14(15)21-3;/h5,8-9,12H,4,6-7,10-11H2,1-3H3,(H,17,19);1H. The van der Waals surface area contributed by atoms with Gasteiger partial charge >= 0.3 is 0 Å². The van der Waals surface area contributed by atoms with Crippen molar-refractivity contribution >= 4 is 18.3 Å². The Kier molecular flexibility index (Phi) is 7.48. The van der Waals surface area contributed by atoms with Crippen LogP contribution in [0.15, 0.2) is 18.2 Å². The van der Waals surface area contributed by atoms with Crippen molar-refractivity contribution in [3.05, 3.63) is 23.8 Å². The van der Waals surface area contributed by atoms with Gasteiger partial charge in [0.2, 0.25) is 0 Å². The molecule has 0 bridgehead atoms. The van der Waals surface area contributed by atoms with E-state index in [4.69, 9.17) is 9.47 Å². The number of likely N-dealkylation sites (tertiary alicyclic amines) is 1. The van der Waals surface area contributed by atoms with Crippen LogP contribution >= 0.6 is 12.4 Å². The molecule has 1 amide bonds. The summed E-state index contributed by atoms with van der Waals surface area (Å²) in [6.07, 6.45) is 2.34. The number of halogens is 1. The third-order valence-corrected chi connectivity index (χ3v) is 4.06. The molecule has 0 spiro atoms. The molecule has 1 unspecified atom stereocenters. The first-order chi connectivity index (χ1) is 10.2. The highest BCUT2D eigenvalue weighted by Crippen LogP contribution is 2.28. The minimum atomic E-state index is -0.146. The molecule has 1 saturated heterocycles. The number of ether oxygens (including phenoxy) is 2. The topological polar surface area (TPSA) is 50.8 Å². The number of amides is 1. The molecule has 0 aromatic heterocycles. The Morgan fingerprint density at radius 3 is 2.50 bits per heavy atom. The summed E-state index contributed by atoms with van der Waals surface area (Å²) in [5.41, 5.74) is 0.462. The summed E-state index contributed by atoms with van der Waals surface area (Å²) < 4.78 is 10.5. The number of hydrogen-bond donors (Lipinski definition) is 1. The predicted molar refractivity (Wildman–Crippen MR) is 89.4 cm³/mol. The van der Waals surface area contributed by atoms with E-state index in [2.05, 4.69) is 17.1 Å². The third kappa shape index (κ3) is 4.05. The Bertz CT molecular complexity index is 474. The van der Waals surface area contributed by atoms with E-state index in [-0.39, 0.29) is 18.3 Å². The zero-order chi connectivity index (χ0) is 15.2. The lowest BCUT2D eigenvalue weighted by molar-refractivity contribution is 0.0935. The second kappa shape index (κ2) is 8.86. The van der Waals surface area contributed by atoms with Crippen LogP contribution in [0, 0.1) is 0 Å². The van der Waals surface area contributed by atoms with Crippen molar-refractivity contribution in [3.63, 3.8) is 0 Å². The Hall–Kier alpha value is -1.46. The van der Waals surface area contributed by atoms with E-state index in [1.165, 1.54) is 6.42 Å². The van der Waals surface area contributed by atoms with Gasteiger partial charge in [-0.1, -0.05) is 13.0 Å². The van der Waals surface area contributed by atoms with E-state index in [1.54, 1.807) is 26.4 Å². The van der Waals surface area contributed by atoms with Crippen molar-refractivity contribution in [1.82, 2.24) is 10.2 Å². The smallest absolute Gasteiger partial charge is 0.258 e. The summed E-state index contributed by atoms with van der Waals surface area (Å²) in [5, 5.41) is 3.01. The van der Waals surface area contributed by atoms with Crippen LogP contribution in [0.3, 0.4) is 0 Å².